The van der Waals surface area contributed by atoms with Gasteiger partial charge in [-0.3, -0.25) is 4.79 Å². The van der Waals surface area contributed by atoms with Crippen LogP contribution >= 0.6 is 0 Å². The van der Waals surface area contributed by atoms with Crippen molar-refractivity contribution in [2.24, 2.45) is 0 Å². The lowest BCUT2D eigenvalue weighted by Crippen LogP contribution is -2.45. The van der Waals surface area contributed by atoms with Gasteiger partial charge in [-0.05, 0) is 88.1 Å². The van der Waals surface area contributed by atoms with Crippen molar-refractivity contribution in [1.82, 2.24) is 10.0 Å². The lowest BCUT2D eigenvalue weighted by molar-refractivity contribution is -0.123. The van der Waals surface area contributed by atoms with Crippen LogP contribution in [0.15, 0.2) is 41.3 Å². The zero-order valence-corrected chi connectivity index (χ0v) is 18.7. The Balaban J connectivity index is 2.06. The molecule has 0 heterocycles. The Hall–Kier alpha value is -2.38. The molecule has 29 heavy (non-hydrogen) atoms. The van der Waals surface area contributed by atoms with Gasteiger partial charge in [0.15, 0.2) is 0 Å². The summed E-state index contributed by atoms with van der Waals surface area (Å²) < 4.78 is 32.9. The minimum atomic E-state index is -3.82. The summed E-state index contributed by atoms with van der Waals surface area (Å²) in [5.41, 5.74) is 4.45. The second kappa shape index (κ2) is 9.41. The summed E-state index contributed by atoms with van der Waals surface area (Å²) >= 11 is 0. The molecule has 0 fully saturated rings. The normalized spacial score (nSPS) is 13.6. The number of benzene rings is 2. The van der Waals surface area contributed by atoms with Crippen LogP contribution in [0.5, 0.6) is 5.75 Å². The highest BCUT2D eigenvalue weighted by Gasteiger charge is 2.23. The summed E-state index contributed by atoms with van der Waals surface area (Å²) in [7, 11) is -3.82. The van der Waals surface area contributed by atoms with Crippen LogP contribution in [-0.2, 0) is 14.8 Å². The van der Waals surface area contributed by atoms with Crippen molar-refractivity contribution in [3.63, 3.8) is 0 Å². The van der Waals surface area contributed by atoms with E-state index in [1.807, 2.05) is 34.6 Å². The molecule has 2 aromatic carbocycles. The van der Waals surface area contributed by atoms with Gasteiger partial charge in [-0.2, -0.15) is 4.72 Å². The van der Waals surface area contributed by atoms with Crippen LogP contribution in [0.25, 0.3) is 0 Å². The number of carbonyl (C=O) groups excluding carboxylic acids is 1. The van der Waals surface area contributed by atoms with Gasteiger partial charge in [0, 0.05) is 0 Å². The number of amides is 1. The minimum Gasteiger partial charge on any atom is -0.494 e. The molecule has 158 valence electrons. The van der Waals surface area contributed by atoms with Crippen LogP contribution in [0.4, 0.5) is 0 Å². The molecule has 0 radical (unpaired) electrons. The number of carbonyl (C=O) groups is 1. The number of hydrogen-bond acceptors (Lipinski definition) is 4. The molecule has 0 aromatic heterocycles. The number of nitrogens with one attached hydrogen (secondary N) is 2. The first-order chi connectivity index (χ1) is 13.5. The van der Waals surface area contributed by atoms with E-state index in [1.54, 1.807) is 12.1 Å². The van der Waals surface area contributed by atoms with Crippen molar-refractivity contribution >= 4 is 15.9 Å². The largest absolute Gasteiger partial charge is 0.494 e. The Bertz CT molecular complexity index is 969. The molecule has 2 N–H and O–H groups in total. The molecule has 2 atom stereocenters. The van der Waals surface area contributed by atoms with E-state index in [1.165, 1.54) is 24.6 Å². The lowest BCUT2D eigenvalue weighted by Gasteiger charge is -2.21. The topological polar surface area (TPSA) is 84.5 Å². The van der Waals surface area contributed by atoms with Gasteiger partial charge in [0.1, 0.15) is 5.75 Å². The molecule has 0 aliphatic heterocycles. The molecule has 0 saturated carbocycles. The number of sulfonamides is 1. The van der Waals surface area contributed by atoms with Gasteiger partial charge >= 0.3 is 0 Å². The van der Waals surface area contributed by atoms with E-state index in [-0.39, 0.29) is 16.8 Å². The van der Waals surface area contributed by atoms with E-state index in [0.29, 0.717) is 12.4 Å². The van der Waals surface area contributed by atoms with Gasteiger partial charge in [0.25, 0.3) is 0 Å². The average Bonchev–Trinajstić information content (AvgIpc) is 2.65. The number of ether oxygens (including phenoxy) is 1. The lowest BCUT2D eigenvalue weighted by atomic mass is 9.96. The summed E-state index contributed by atoms with van der Waals surface area (Å²) in [5.74, 6) is 0.208. The average molecular weight is 419 g/mol. The van der Waals surface area contributed by atoms with E-state index < -0.39 is 16.1 Å². The summed E-state index contributed by atoms with van der Waals surface area (Å²) in [4.78, 5) is 12.7. The molecule has 1 amide bonds. The van der Waals surface area contributed by atoms with Crippen LogP contribution < -0.4 is 14.8 Å². The molecular formula is C22H30N2O4S. The smallest absolute Gasteiger partial charge is 0.241 e. The molecule has 0 spiro atoms. The minimum absolute atomic E-state index is 0.0821. The summed E-state index contributed by atoms with van der Waals surface area (Å²) in [5, 5.41) is 2.90. The van der Waals surface area contributed by atoms with Crippen molar-refractivity contribution in [1.29, 1.82) is 0 Å². The molecule has 0 bridgehead atoms. The quantitative estimate of drug-likeness (QED) is 0.687. The molecule has 0 aliphatic carbocycles. The number of aryl methyl sites for hydroxylation is 3. The highest BCUT2D eigenvalue weighted by Crippen LogP contribution is 2.22. The molecule has 0 aliphatic rings. The Morgan fingerprint density at radius 2 is 1.59 bits per heavy atom. The third-order valence-electron chi connectivity index (χ3n) is 4.88. The van der Waals surface area contributed by atoms with Crippen LogP contribution in [0.1, 0.15) is 49.1 Å². The highest BCUT2D eigenvalue weighted by molar-refractivity contribution is 7.89. The maximum atomic E-state index is 12.6. The first-order valence-electron chi connectivity index (χ1n) is 9.68. The SMILES string of the molecule is CCOc1ccc(S(=O)(=O)N[C@H](C)C(=O)N[C@@H](C)c2cc(C)c(C)cc2C)cc1. The van der Waals surface area contributed by atoms with E-state index in [9.17, 15) is 13.2 Å². The molecule has 0 unspecified atom stereocenters. The van der Waals surface area contributed by atoms with Crippen LogP contribution in [-0.4, -0.2) is 27.0 Å². The third-order valence-corrected chi connectivity index (χ3v) is 6.43. The zero-order valence-electron chi connectivity index (χ0n) is 17.9. The predicted octanol–water partition coefficient (Wildman–Crippen LogP) is 3.55. The summed E-state index contributed by atoms with van der Waals surface area (Å²) in [6.45, 7) is 11.9. The Kier molecular flexibility index (Phi) is 7.43. The summed E-state index contributed by atoms with van der Waals surface area (Å²) in [6.07, 6.45) is 0. The van der Waals surface area contributed by atoms with E-state index in [2.05, 4.69) is 22.2 Å². The first-order valence-corrected chi connectivity index (χ1v) is 11.2. The van der Waals surface area contributed by atoms with E-state index in [4.69, 9.17) is 4.74 Å². The number of hydrogen-bond donors (Lipinski definition) is 2. The van der Waals surface area contributed by atoms with Gasteiger partial charge in [0.2, 0.25) is 15.9 Å². The van der Waals surface area contributed by atoms with Crippen molar-refractivity contribution in [3.8, 4) is 5.75 Å². The van der Waals surface area contributed by atoms with E-state index >= 15 is 0 Å². The van der Waals surface area contributed by atoms with Gasteiger partial charge in [-0.25, -0.2) is 8.42 Å². The monoisotopic (exact) mass is 418 g/mol. The second-order valence-corrected chi connectivity index (χ2v) is 8.98. The molecule has 0 saturated heterocycles. The van der Waals surface area contributed by atoms with Gasteiger partial charge in [0.05, 0.1) is 23.6 Å². The van der Waals surface area contributed by atoms with E-state index in [0.717, 1.165) is 16.7 Å². The van der Waals surface area contributed by atoms with Crippen LogP contribution in [0.2, 0.25) is 0 Å². The van der Waals surface area contributed by atoms with Crippen LogP contribution in [0.3, 0.4) is 0 Å². The molecule has 2 rings (SSSR count). The molecular weight excluding hydrogens is 388 g/mol. The standard InChI is InChI=1S/C22H30N2O4S/c1-7-28-19-8-10-20(11-9-19)29(26,27)24-18(6)22(25)23-17(5)21-13-15(3)14(2)12-16(21)4/h8-13,17-18,24H,7H2,1-6H3,(H,23,25)/t17-,18+/m0/s1. The summed E-state index contributed by atoms with van der Waals surface area (Å²) in [6, 6.07) is 9.09. The predicted molar refractivity (Wildman–Crippen MR) is 115 cm³/mol. The van der Waals surface area contributed by atoms with Crippen molar-refractivity contribution < 1.29 is 17.9 Å². The Labute approximate surface area is 173 Å². The maximum Gasteiger partial charge on any atom is 0.241 e. The maximum absolute atomic E-state index is 12.6. The van der Waals surface area contributed by atoms with Crippen molar-refractivity contribution in [2.75, 3.05) is 6.61 Å². The fourth-order valence-electron chi connectivity index (χ4n) is 3.10. The molecule has 2 aromatic rings. The Morgan fingerprint density at radius 3 is 2.17 bits per heavy atom. The van der Waals surface area contributed by atoms with Crippen LogP contribution in [0, 0.1) is 20.8 Å². The molecule has 6 nitrogen and oxygen atoms in total. The molecule has 7 heteroatoms. The second-order valence-electron chi connectivity index (χ2n) is 7.27. The zero-order chi connectivity index (χ0) is 21.8. The van der Waals surface area contributed by atoms with Crippen molar-refractivity contribution in [3.05, 3.63) is 58.7 Å². The fourth-order valence-corrected chi connectivity index (χ4v) is 4.30. The fraction of sp³-hybridized carbons (Fsp3) is 0.409. The van der Waals surface area contributed by atoms with Gasteiger partial charge in [-0.15, -0.1) is 0 Å². The Morgan fingerprint density at radius 1 is 1.00 bits per heavy atom. The van der Waals surface area contributed by atoms with Gasteiger partial charge < -0.3 is 10.1 Å². The van der Waals surface area contributed by atoms with Gasteiger partial charge in [-0.1, -0.05) is 12.1 Å². The number of rotatable bonds is 8. The first kappa shape index (κ1) is 22.9. The van der Waals surface area contributed by atoms with Crippen molar-refractivity contribution in [2.45, 2.75) is 58.5 Å². The third kappa shape index (κ3) is 5.81. The highest BCUT2D eigenvalue weighted by atomic mass is 32.2.